The van der Waals surface area contributed by atoms with Gasteiger partial charge in [0.05, 0.1) is 20.3 Å². The molecule has 0 aromatic heterocycles. The first-order chi connectivity index (χ1) is 7.77. The SMILES string of the molecule is COC(=O)/C=C1\COCC12C=CCCCC2. The van der Waals surface area contributed by atoms with Crippen LogP contribution in [0.5, 0.6) is 0 Å². The first-order valence-corrected chi connectivity index (χ1v) is 5.81. The number of allylic oxidation sites excluding steroid dienone is 1. The molecule has 1 atom stereocenters. The summed E-state index contributed by atoms with van der Waals surface area (Å²) >= 11 is 0. The van der Waals surface area contributed by atoms with Crippen molar-refractivity contribution in [1.29, 1.82) is 0 Å². The van der Waals surface area contributed by atoms with E-state index in [0.29, 0.717) is 13.2 Å². The van der Waals surface area contributed by atoms with E-state index in [-0.39, 0.29) is 11.4 Å². The van der Waals surface area contributed by atoms with E-state index in [1.807, 2.05) is 0 Å². The van der Waals surface area contributed by atoms with Gasteiger partial charge in [0.2, 0.25) is 0 Å². The van der Waals surface area contributed by atoms with Gasteiger partial charge in [-0.25, -0.2) is 4.79 Å². The molecular weight excluding hydrogens is 204 g/mol. The zero-order valence-corrected chi connectivity index (χ0v) is 9.70. The van der Waals surface area contributed by atoms with Crippen molar-refractivity contribution in [3.05, 3.63) is 23.8 Å². The van der Waals surface area contributed by atoms with Crippen molar-refractivity contribution < 1.29 is 14.3 Å². The van der Waals surface area contributed by atoms with E-state index < -0.39 is 0 Å². The molecule has 0 radical (unpaired) electrons. The molecule has 1 aliphatic heterocycles. The fraction of sp³-hybridized carbons (Fsp3) is 0.615. The predicted octanol–water partition coefficient (Wildman–Crippen LogP) is 2.23. The Labute approximate surface area is 96.1 Å². The molecule has 1 saturated heterocycles. The van der Waals surface area contributed by atoms with Crippen molar-refractivity contribution in [2.45, 2.75) is 25.7 Å². The Kier molecular flexibility index (Phi) is 3.44. The van der Waals surface area contributed by atoms with E-state index in [1.165, 1.54) is 20.0 Å². The molecular formula is C13H18O3. The van der Waals surface area contributed by atoms with Crippen LogP contribution >= 0.6 is 0 Å². The predicted molar refractivity (Wildman–Crippen MR) is 61.0 cm³/mol. The molecule has 1 fully saturated rings. The number of methoxy groups -OCH3 is 1. The molecule has 0 saturated carbocycles. The zero-order chi connectivity index (χ0) is 11.4. The maximum Gasteiger partial charge on any atom is 0.330 e. The van der Waals surface area contributed by atoms with Crippen molar-refractivity contribution in [2.24, 2.45) is 5.41 Å². The van der Waals surface area contributed by atoms with Crippen LogP contribution in [0.4, 0.5) is 0 Å². The van der Waals surface area contributed by atoms with Crippen LogP contribution in [0.25, 0.3) is 0 Å². The average Bonchev–Trinajstić information content (AvgIpc) is 2.52. The monoisotopic (exact) mass is 222 g/mol. The summed E-state index contributed by atoms with van der Waals surface area (Å²) in [5, 5.41) is 0. The number of carbonyl (C=O) groups excluding carboxylic acids is 1. The average molecular weight is 222 g/mol. The molecule has 88 valence electrons. The van der Waals surface area contributed by atoms with E-state index in [9.17, 15) is 4.79 Å². The molecule has 2 rings (SSSR count). The van der Waals surface area contributed by atoms with Crippen LogP contribution in [0, 0.1) is 5.41 Å². The second-order valence-electron chi connectivity index (χ2n) is 4.49. The molecule has 1 heterocycles. The molecule has 1 unspecified atom stereocenters. The molecule has 0 aromatic carbocycles. The highest BCUT2D eigenvalue weighted by molar-refractivity contribution is 5.83. The first kappa shape index (κ1) is 11.4. The minimum Gasteiger partial charge on any atom is -0.466 e. The molecule has 0 N–H and O–H groups in total. The molecule has 16 heavy (non-hydrogen) atoms. The summed E-state index contributed by atoms with van der Waals surface area (Å²) in [6.45, 7) is 1.26. The van der Waals surface area contributed by atoms with Crippen LogP contribution in [0.15, 0.2) is 23.8 Å². The van der Waals surface area contributed by atoms with E-state index in [2.05, 4.69) is 16.9 Å². The fourth-order valence-corrected chi connectivity index (χ4v) is 2.45. The maximum atomic E-state index is 11.3. The van der Waals surface area contributed by atoms with E-state index >= 15 is 0 Å². The van der Waals surface area contributed by atoms with Gasteiger partial charge in [-0.2, -0.15) is 0 Å². The van der Waals surface area contributed by atoms with Crippen LogP contribution in [-0.2, 0) is 14.3 Å². The van der Waals surface area contributed by atoms with Crippen molar-refractivity contribution >= 4 is 5.97 Å². The Morgan fingerprint density at radius 3 is 3.25 bits per heavy atom. The van der Waals surface area contributed by atoms with E-state index in [0.717, 1.165) is 18.4 Å². The summed E-state index contributed by atoms with van der Waals surface area (Å²) in [7, 11) is 1.41. The normalized spacial score (nSPS) is 31.9. The van der Waals surface area contributed by atoms with Crippen molar-refractivity contribution in [2.75, 3.05) is 20.3 Å². The van der Waals surface area contributed by atoms with Crippen LogP contribution in [0.3, 0.4) is 0 Å². The van der Waals surface area contributed by atoms with Crippen LogP contribution < -0.4 is 0 Å². The Bertz CT molecular complexity index is 330. The molecule has 3 heteroatoms. The van der Waals surface area contributed by atoms with Gasteiger partial charge in [-0.1, -0.05) is 18.6 Å². The van der Waals surface area contributed by atoms with Gasteiger partial charge in [-0.05, 0) is 24.8 Å². The largest absolute Gasteiger partial charge is 0.466 e. The highest BCUT2D eigenvalue weighted by Crippen LogP contribution is 2.41. The van der Waals surface area contributed by atoms with Gasteiger partial charge in [-0.15, -0.1) is 0 Å². The van der Waals surface area contributed by atoms with Gasteiger partial charge in [0.1, 0.15) is 0 Å². The summed E-state index contributed by atoms with van der Waals surface area (Å²) < 4.78 is 10.2. The van der Waals surface area contributed by atoms with Gasteiger partial charge < -0.3 is 9.47 Å². The van der Waals surface area contributed by atoms with Gasteiger partial charge in [0.15, 0.2) is 0 Å². The number of carbonyl (C=O) groups is 1. The van der Waals surface area contributed by atoms with Gasteiger partial charge >= 0.3 is 5.97 Å². The van der Waals surface area contributed by atoms with Crippen LogP contribution in [0.1, 0.15) is 25.7 Å². The lowest BCUT2D eigenvalue weighted by Crippen LogP contribution is -2.20. The fourth-order valence-electron chi connectivity index (χ4n) is 2.45. The van der Waals surface area contributed by atoms with Crippen LogP contribution in [-0.4, -0.2) is 26.3 Å². The highest BCUT2D eigenvalue weighted by atomic mass is 16.5. The maximum absolute atomic E-state index is 11.3. The lowest BCUT2D eigenvalue weighted by molar-refractivity contribution is -0.134. The molecule has 1 aliphatic carbocycles. The second kappa shape index (κ2) is 4.83. The number of ether oxygens (including phenoxy) is 2. The summed E-state index contributed by atoms with van der Waals surface area (Å²) in [5.74, 6) is -0.280. The molecule has 0 bridgehead atoms. The molecule has 0 aromatic rings. The van der Waals surface area contributed by atoms with Gasteiger partial charge in [0, 0.05) is 11.5 Å². The summed E-state index contributed by atoms with van der Waals surface area (Å²) in [4.78, 5) is 11.3. The number of hydrogen-bond acceptors (Lipinski definition) is 3. The number of esters is 1. The van der Waals surface area contributed by atoms with Crippen LogP contribution in [0.2, 0.25) is 0 Å². The summed E-state index contributed by atoms with van der Waals surface area (Å²) in [6.07, 6.45) is 10.7. The minimum absolute atomic E-state index is 0.0370. The van der Waals surface area contributed by atoms with Crippen molar-refractivity contribution in [3.63, 3.8) is 0 Å². The molecule has 1 spiro atoms. The Morgan fingerprint density at radius 1 is 1.56 bits per heavy atom. The molecule has 0 amide bonds. The van der Waals surface area contributed by atoms with Gasteiger partial charge in [-0.3, -0.25) is 0 Å². The Morgan fingerprint density at radius 2 is 2.44 bits per heavy atom. The van der Waals surface area contributed by atoms with Crippen molar-refractivity contribution in [3.8, 4) is 0 Å². The second-order valence-corrected chi connectivity index (χ2v) is 4.49. The summed E-state index contributed by atoms with van der Waals surface area (Å²) in [6, 6.07) is 0. The number of rotatable bonds is 1. The number of hydrogen-bond donors (Lipinski definition) is 0. The van der Waals surface area contributed by atoms with E-state index in [4.69, 9.17) is 4.74 Å². The van der Waals surface area contributed by atoms with Gasteiger partial charge in [0.25, 0.3) is 0 Å². The van der Waals surface area contributed by atoms with E-state index in [1.54, 1.807) is 6.08 Å². The Balaban J connectivity index is 2.24. The zero-order valence-electron chi connectivity index (χ0n) is 9.70. The smallest absolute Gasteiger partial charge is 0.330 e. The van der Waals surface area contributed by atoms with Crippen molar-refractivity contribution in [1.82, 2.24) is 0 Å². The third-order valence-corrected chi connectivity index (χ3v) is 3.43. The quantitative estimate of drug-likeness (QED) is 0.388. The lowest BCUT2D eigenvalue weighted by Gasteiger charge is -2.24. The molecule has 3 nitrogen and oxygen atoms in total. The molecule has 2 aliphatic rings. The summed E-state index contributed by atoms with van der Waals surface area (Å²) in [5.41, 5.74) is 1.03. The minimum atomic E-state index is -0.280. The third-order valence-electron chi connectivity index (χ3n) is 3.43. The first-order valence-electron chi connectivity index (χ1n) is 5.81. The topological polar surface area (TPSA) is 35.5 Å². The third kappa shape index (κ3) is 2.19. The highest BCUT2D eigenvalue weighted by Gasteiger charge is 2.37. The Hall–Kier alpha value is -1.09. The standard InChI is InChI=1S/C13H18O3/c1-15-12(14)8-11-9-16-10-13(11)6-4-2-3-5-7-13/h4,6,8H,2-3,5,7,9-10H2,1H3/b11-8+. The lowest BCUT2D eigenvalue weighted by atomic mass is 9.79.